The topological polar surface area (TPSA) is 97.8 Å². The van der Waals surface area contributed by atoms with Crippen LogP contribution in [0, 0.1) is 16.0 Å². The van der Waals surface area contributed by atoms with Crippen molar-refractivity contribution in [1.82, 2.24) is 5.32 Å². The molecule has 0 spiro atoms. The average molecular weight is 383 g/mol. The lowest BCUT2D eigenvalue weighted by Crippen LogP contribution is -2.30. The lowest BCUT2D eigenvalue weighted by molar-refractivity contribution is -0.384. The smallest absolute Gasteiger partial charge is 0.270 e. The van der Waals surface area contributed by atoms with Gasteiger partial charge in [-0.15, -0.1) is 0 Å². The largest absolute Gasteiger partial charge is 0.460 e. The molecule has 2 aromatic rings. The molecule has 0 saturated heterocycles. The Hall–Kier alpha value is -1.93. The van der Waals surface area contributed by atoms with Crippen LogP contribution in [0.15, 0.2) is 34.7 Å². The van der Waals surface area contributed by atoms with Crippen LogP contribution in [0.5, 0.6) is 0 Å². The maximum absolute atomic E-state index is 10.8. The highest BCUT2D eigenvalue weighted by atomic mass is 35.5. The monoisotopic (exact) mass is 382 g/mol. The molecule has 0 fully saturated rings. The fourth-order valence-corrected chi connectivity index (χ4v) is 2.56. The van der Waals surface area contributed by atoms with E-state index >= 15 is 0 Å². The molecular weight excluding hydrogens is 360 g/mol. The molecule has 0 bridgehead atoms. The third-order valence-electron chi connectivity index (χ3n) is 3.53. The number of rotatable bonds is 10. The van der Waals surface area contributed by atoms with Gasteiger partial charge in [0.2, 0.25) is 0 Å². The molecule has 7 nitrogen and oxygen atoms in total. The van der Waals surface area contributed by atoms with Gasteiger partial charge in [-0.2, -0.15) is 0 Å². The molecule has 2 rings (SSSR count). The molecule has 0 radical (unpaired) electrons. The third kappa shape index (κ3) is 6.10. The number of benzene rings is 1. The Kier molecular flexibility index (Phi) is 7.59. The Labute approximate surface area is 157 Å². The zero-order valence-corrected chi connectivity index (χ0v) is 15.5. The second-order valence-electron chi connectivity index (χ2n) is 6.40. The standard InChI is InChI=1S/C18H23ClN2O5/c1-12(2)10-25-11-14(22)8-20-9-15-4-6-18(26-15)16-5-3-13(21(23)24)7-17(16)19/h3-7,12,14,20,22H,8-11H2,1-2H3. The van der Waals surface area contributed by atoms with Crippen molar-refractivity contribution in [1.29, 1.82) is 0 Å². The van der Waals surface area contributed by atoms with Gasteiger partial charge in [0, 0.05) is 30.8 Å². The van der Waals surface area contributed by atoms with Crippen LogP contribution in [-0.2, 0) is 11.3 Å². The molecule has 0 aliphatic heterocycles. The molecule has 0 saturated carbocycles. The number of hydrogen-bond acceptors (Lipinski definition) is 6. The van der Waals surface area contributed by atoms with Crippen LogP contribution >= 0.6 is 11.6 Å². The molecular formula is C18H23ClN2O5. The lowest BCUT2D eigenvalue weighted by Gasteiger charge is -2.13. The average Bonchev–Trinajstić information content (AvgIpc) is 3.02. The molecule has 0 aliphatic rings. The number of nitrogens with one attached hydrogen (secondary N) is 1. The van der Waals surface area contributed by atoms with Crippen molar-refractivity contribution in [2.45, 2.75) is 26.5 Å². The van der Waals surface area contributed by atoms with Gasteiger partial charge in [0.05, 0.1) is 29.2 Å². The number of nitrogens with zero attached hydrogens (tertiary/aromatic N) is 1. The predicted molar refractivity (Wildman–Crippen MR) is 99.2 cm³/mol. The number of nitro groups is 1. The van der Waals surface area contributed by atoms with Crippen LogP contribution in [0.1, 0.15) is 19.6 Å². The van der Waals surface area contributed by atoms with Crippen LogP contribution in [0.2, 0.25) is 5.02 Å². The normalized spacial score (nSPS) is 12.5. The number of halogens is 1. The summed E-state index contributed by atoms with van der Waals surface area (Å²) in [5.74, 6) is 1.63. The summed E-state index contributed by atoms with van der Waals surface area (Å²) >= 11 is 6.11. The first-order valence-electron chi connectivity index (χ1n) is 8.36. The summed E-state index contributed by atoms with van der Waals surface area (Å²) in [6.45, 7) is 5.83. The number of aliphatic hydroxyl groups excluding tert-OH is 1. The van der Waals surface area contributed by atoms with E-state index in [4.69, 9.17) is 20.8 Å². The van der Waals surface area contributed by atoms with E-state index < -0.39 is 11.0 Å². The van der Waals surface area contributed by atoms with Gasteiger partial charge >= 0.3 is 0 Å². The van der Waals surface area contributed by atoms with Crippen molar-refractivity contribution in [3.05, 3.63) is 51.2 Å². The van der Waals surface area contributed by atoms with E-state index in [0.29, 0.717) is 42.7 Å². The van der Waals surface area contributed by atoms with E-state index in [-0.39, 0.29) is 17.3 Å². The second kappa shape index (κ2) is 9.68. The predicted octanol–water partition coefficient (Wildman–Crippen LogP) is 3.63. The molecule has 1 aromatic carbocycles. The highest BCUT2D eigenvalue weighted by molar-refractivity contribution is 6.33. The summed E-state index contributed by atoms with van der Waals surface area (Å²) in [6, 6.07) is 7.79. The van der Waals surface area contributed by atoms with E-state index in [1.807, 2.05) is 0 Å². The van der Waals surface area contributed by atoms with Crippen LogP contribution in [-0.4, -0.2) is 35.9 Å². The van der Waals surface area contributed by atoms with Gasteiger partial charge in [-0.3, -0.25) is 10.1 Å². The van der Waals surface area contributed by atoms with Gasteiger partial charge in [0.1, 0.15) is 11.5 Å². The summed E-state index contributed by atoms with van der Waals surface area (Å²) in [6.07, 6.45) is -0.590. The SMILES string of the molecule is CC(C)COCC(O)CNCc1ccc(-c2ccc([N+](=O)[O-])cc2Cl)o1. The fourth-order valence-electron chi connectivity index (χ4n) is 2.30. The minimum Gasteiger partial charge on any atom is -0.460 e. The number of furan rings is 1. The quantitative estimate of drug-likeness (QED) is 0.481. The van der Waals surface area contributed by atoms with Crippen molar-refractivity contribution < 1.29 is 19.2 Å². The van der Waals surface area contributed by atoms with E-state index in [0.717, 1.165) is 0 Å². The van der Waals surface area contributed by atoms with Crippen LogP contribution < -0.4 is 5.32 Å². The number of hydrogen-bond donors (Lipinski definition) is 2. The van der Waals surface area contributed by atoms with Gasteiger partial charge in [-0.25, -0.2) is 0 Å². The van der Waals surface area contributed by atoms with Crippen molar-refractivity contribution in [3.8, 4) is 11.3 Å². The van der Waals surface area contributed by atoms with Crippen LogP contribution in [0.3, 0.4) is 0 Å². The van der Waals surface area contributed by atoms with E-state index in [1.165, 1.54) is 12.1 Å². The number of aliphatic hydroxyl groups is 1. The molecule has 1 unspecified atom stereocenters. The molecule has 8 heteroatoms. The van der Waals surface area contributed by atoms with Crippen molar-refractivity contribution in [2.75, 3.05) is 19.8 Å². The highest BCUT2D eigenvalue weighted by Gasteiger charge is 2.14. The first-order chi connectivity index (χ1) is 12.4. The first kappa shape index (κ1) is 20.4. The Morgan fingerprint density at radius 2 is 2.08 bits per heavy atom. The second-order valence-corrected chi connectivity index (χ2v) is 6.81. The number of ether oxygens (including phenoxy) is 1. The molecule has 142 valence electrons. The summed E-state index contributed by atoms with van der Waals surface area (Å²) < 4.78 is 11.1. The molecule has 1 atom stereocenters. The maximum Gasteiger partial charge on any atom is 0.270 e. The van der Waals surface area contributed by atoms with E-state index in [2.05, 4.69) is 19.2 Å². The van der Waals surface area contributed by atoms with Crippen molar-refractivity contribution in [2.24, 2.45) is 5.92 Å². The zero-order valence-electron chi connectivity index (χ0n) is 14.8. The Balaban J connectivity index is 1.85. The Bertz CT molecular complexity index is 732. The molecule has 1 aromatic heterocycles. The third-order valence-corrected chi connectivity index (χ3v) is 3.84. The highest BCUT2D eigenvalue weighted by Crippen LogP contribution is 2.32. The minimum atomic E-state index is -0.590. The number of nitro benzene ring substituents is 1. The van der Waals surface area contributed by atoms with Gasteiger partial charge in [0.25, 0.3) is 5.69 Å². The minimum absolute atomic E-state index is 0.0686. The summed E-state index contributed by atoms with van der Waals surface area (Å²) in [4.78, 5) is 10.3. The molecule has 0 aliphatic carbocycles. The first-order valence-corrected chi connectivity index (χ1v) is 8.74. The maximum atomic E-state index is 10.8. The summed E-state index contributed by atoms with van der Waals surface area (Å²) in [7, 11) is 0. The Morgan fingerprint density at radius 3 is 2.73 bits per heavy atom. The van der Waals surface area contributed by atoms with E-state index in [9.17, 15) is 15.2 Å². The van der Waals surface area contributed by atoms with Crippen LogP contribution in [0.4, 0.5) is 5.69 Å². The fraction of sp³-hybridized carbons (Fsp3) is 0.444. The Morgan fingerprint density at radius 1 is 1.31 bits per heavy atom. The van der Waals surface area contributed by atoms with Crippen LogP contribution in [0.25, 0.3) is 11.3 Å². The molecule has 26 heavy (non-hydrogen) atoms. The molecule has 1 heterocycles. The summed E-state index contributed by atoms with van der Waals surface area (Å²) in [5.41, 5.74) is 0.520. The summed E-state index contributed by atoms with van der Waals surface area (Å²) in [5, 5.41) is 24.0. The molecule has 2 N–H and O–H groups in total. The molecule has 0 amide bonds. The zero-order chi connectivity index (χ0) is 19.1. The number of non-ortho nitro benzene ring substituents is 1. The van der Waals surface area contributed by atoms with Gasteiger partial charge in [-0.05, 0) is 24.1 Å². The van der Waals surface area contributed by atoms with E-state index in [1.54, 1.807) is 18.2 Å². The van der Waals surface area contributed by atoms with Gasteiger partial charge in [0.15, 0.2) is 0 Å². The van der Waals surface area contributed by atoms with Gasteiger partial charge < -0.3 is 19.6 Å². The lowest BCUT2D eigenvalue weighted by atomic mass is 10.1. The van der Waals surface area contributed by atoms with Gasteiger partial charge in [-0.1, -0.05) is 25.4 Å². The van der Waals surface area contributed by atoms with Crippen molar-refractivity contribution in [3.63, 3.8) is 0 Å². The van der Waals surface area contributed by atoms with Crippen molar-refractivity contribution >= 4 is 17.3 Å².